The monoisotopic (exact) mass is 231 g/mol. The van der Waals surface area contributed by atoms with Crippen molar-refractivity contribution in [1.82, 2.24) is 5.32 Å². The molecule has 2 aromatic rings. The lowest BCUT2D eigenvalue weighted by Crippen LogP contribution is -2.12. The third-order valence-corrected chi connectivity index (χ3v) is 3.67. The fourth-order valence-corrected chi connectivity index (χ4v) is 2.57. The number of thiophene rings is 1. The second-order valence-corrected chi connectivity index (χ2v) is 5.41. The van der Waals surface area contributed by atoms with Crippen LogP contribution >= 0.6 is 11.3 Å². The summed E-state index contributed by atoms with van der Waals surface area (Å²) >= 11 is 1.86. The van der Waals surface area contributed by atoms with E-state index in [1.54, 1.807) is 0 Å². The molecule has 0 atom stereocenters. The van der Waals surface area contributed by atoms with Gasteiger partial charge in [-0.15, -0.1) is 11.3 Å². The molecule has 0 unspecified atom stereocenters. The molecule has 1 N–H and O–H groups in total. The molecular weight excluding hydrogens is 214 g/mol. The van der Waals surface area contributed by atoms with E-state index in [0.717, 1.165) is 13.1 Å². The minimum absolute atomic E-state index is 0.948. The van der Waals surface area contributed by atoms with E-state index in [1.807, 2.05) is 11.3 Å². The number of hydrogen-bond acceptors (Lipinski definition) is 2. The van der Waals surface area contributed by atoms with E-state index in [1.165, 1.54) is 20.9 Å². The van der Waals surface area contributed by atoms with Crippen LogP contribution in [0.15, 0.2) is 36.4 Å². The molecule has 2 heteroatoms. The van der Waals surface area contributed by atoms with Crippen molar-refractivity contribution in [2.24, 2.45) is 0 Å². The number of hydrogen-bond donors (Lipinski definition) is 1. The molecule has 1 aromatic heterocycles. The van der Waals surface area contributed by atoms with Crippen LogP contribution in [0.25, 0.3) is 0 Å². The van der Waals surface area contributed by atoms with Crippen LogP contribution in [0, 0.1) is 13.8 Å². The van der Waals surface area contributed by atoms with Crippen LogP contribution in [0.4, 0.5) is 0 Å². The van der Waals surface area contributed by atoms with Gasteiger partial charge in [-0.2, -0.15) is 0 Å². The molecule has 0 amide bonds. The van der Waals surface area contributed by atoms with Crippen molar-refractivity contribution in [3.05, 3.63) is 57.3 Å². The minimum atomic E-state index is 0.948. The van der Waals surface area contributed by atoms with Crippen LogP contribution in [0.1, 0.15) is 20.9 Å². The average molecular weight is 231 g/mol. The van der Waals surface area contributed by atoms with Gasteiger partial charge < -0.3 is 5.32 Å². The quantitative estimate of drug-likeness (QED) is 0.847. The molecule has 1 nitrogen and oxygen atoms in total. The van der Waals surface area contributed by atoms with Gasteiger partial charge in [0.25, 0.3) is 0 Å². The Hall–Kier alpha value is -1.12. The minimum Gasteiger partial charge on any atom is -0.308 e. The lowest BCUT2D eigenvalue weighted by molar-refractivity contribution is 0.698. The van der Waals surface area contributed by atoms with E-state index in [2.05, 4.69) is 55.6 Å². The van der Waals surface area contributed by atoms with Gasteiger partial charge in [0.2, 0.25) is 0 Å². The van der Waals surface area contributed by atoms with E-state index in [4.69, 9.17) is 0 Å². The van der Waals surface area contributed by atoms with Gasteiger partial charge in [0, 0.05) is 22.8 Å². The van der Waals surface area contributed by atoms with Gasteiger partial charge in [0.05, 0.1) is 0 Å². The Bertz CT molecular complexity index is 459. The molecule has 1 heterocycles. The summed E-state index contributed by atoms with van der Waals surface area (Å²) in [6.07, 6.45) is 0. The number of aryl methyl sites for hydroxylation is 2. The molecule has 2 rings (SSSR count). The zero-order chi connectivity index (χ0) is 11.4. The predicted molar refractivity (Wildman–Crippen MR) is 70.8 cm³/mol. The Morgan fingerprint density at radius 2 is 1.81 bits per heavy atom. The predicted octanol–water partition coefficient (Wildman–Crippen LogP) is 3.65. The highest BCUT2D eigenvalue weighted by Gasteiger charge is 1.98. The molecule has 0 radical (unpaired) electrons. The van der Waals surface area contributed by atoms with Crippen molar-refractivity contribution in [3.8, 4) is 0 Å². The maximum atomic E-state index is 3.48. The number of rotatable bonds is 4. The van der Waals surface area contributed by atoms with Crippen LogP contribution in [-0.2, 0) is 13.1 Å². The normalized spacial score (nSPS) is 10.6. The van der Waals surface area contributed by atoms with E-state index >= 15 is 0 Å². The first-order valence-electron chi connectivity index (χ1n) is 5.56. The number of nitrogens with one attached hydrogen (secondary N) is 1. The highest BCUT2D eigenvalue weighted by molar-refractivity contribution is 7.11. The van der Waals surface area contributed by atoms with Crippen LogP contribution < -0.4 is 5.32 Å². The van der Waals surface area contributed by atoms with Crippen molar-refractivity contribution in [1.29, 1.82) is 0 Å². The lowest BCUT2D eigenvalue weighted by Gasteiger charge is -2.06. The maximum Gasteiger partial charge on any atom is 0.0303 e. The summed E-state index contributed by atoms with van der Waals surface area (Å²) in [5.41, 5.74) is 2.74. The summed E-state index contributed by atoms with van der Waals surface area (Å²) in [6, 6.07) is 12.9. The summed E-state index contributed by atoms with van der Waals surface area (Å²) in [5.74, 6) is 0. The average Bonchev–Trinajstić information content (AvgIpc) is 2.67. The van der Waals surface area contributed by atoms with Crippen LogP contribution in [0.2, 0.25) is 0 Å². The zero-order valence-corrected chi connectivity index (χ0v) is 10.6. The van der Waals surface area contributed by atoms with Gasteiger partial charge >= 0.3 is 0 Å². The van der Waals surface area contributed by atoms with Crippen LogP contribution in [0.3, 0.4) is 0 Å². The smallest absolute Gasteiger partial charge is 0.0303 e. The summed E-state index contributed by atoms with van der Waals surface area (Å²) in [6.45, 7) is 6.22. The Labute approximate surface area is 101 Å². The second kappa shape index (κ2) is 5.28. The van der Waals surface area contributed by atoms with Crippen molar-refractivity contribution < 1.29 is 0 Å². The molecule has 16 heavy (non-hydrogen) atoms. The fourth-order valence-electron chi connectivity index (χ4n) is 1.71. The maximum absolute atomic E-state index is 3.48. The fraction of sp³-hybridized carbons (Fsp3) is 0.286. The van der Waals surface area contributed by atoms with Gasteiger partial charge in [-0.25, -0.2) is 0 Å². The standard InChI is InChI=1S/C14H17NS/c1-11-5-3-4-6-13(11)9-15-10-14-8-7-12(2)16-14/h3-8,15H,9-10H2,1-2H3. The third kappa shape index (κ3) is 2.94. The molecule has 0 saturated carbocycles. The Kier molecular flexibility index (Phi) is 3.75. The third-order valence-electron chi connectivity index (χ3n) is 2.67. The van der Waals surface area contributed by atoms with Gasteiger partial charge in [-0.3, -0.25) is 0 Å². The van der Waals surface area contributed by atoms with Crippen LogP contribution in [-0.4, -0.2) is 0 Å². The molecule has 0 fully saturated rings. The summed E-state index contributed by atoms with van der Waals surface area (Å²) < 4.78 is 0. The molecule has 0 spiro atoms. The SMILES string of the molecule is Cc1ccc(CNCc2ccccc2C)s1. The van der Waals surface area contributed by atoms with E-state index in [0.29, 0.717) is 0 Å². The summed E-state index contributed by atoms with van der Waals surface area (Å²) in [5, 5.41) is 3.48. The summed E-state index contributed by atoms with van der Waals surface area (Å²) in [4.78, 5) is 2.79. The van der Waals surface area contributed by atoms with Gasteiger partial charge in [0.1, 0.15) is 0 Å². The highest BCUT2D eigenvalue weighted by atomic mass is 32.1. The summed E-state index contributed by atoms with van der Waals surface area (Å²) in [7, 11) is 0. The van der Waals surface area contributed by atoms with Gasteiger partial charge in [0.15, 0.2) is 0 Å². The zero-order valence-electron chi connectivity index (χ0n) is 9.79. The van der Waals surface area contributed by atoms with E-state index in [9.17, 15) is 0 Å². The molecular formula is C14H17NS. The van der Waals surface area contributed by atoms with Crippen LogP contribution in [0.5, 0.6) is 0 Å². The molecule has 0 aliphatic heterocycles. The topological polar surface area (TPSA) is 12.0 Å². The highest BCUT2D eigenvalue weighted by Crippen LogP contribution is 2.15. The lowest BCUT2D eigenvalue weighted by atomic mass is 10.1. The Morgan fingerprint density at radius 1 is 1.00 bits per heavy atom. The van der Waals surface area contributed by atoms with Crippen molar-refractivity contribution in [2.45, 2.75) is 26.9 Å². The Morgan fingerprint density at radius 3 is 2.50 bits per heavy atom. The molecule has 0 saturated heterocycles. The van der Waals surface area contributed by atoms with Crippen molar-refractivity contribution in [3.63, 3.8) is 0 Å². The van der Waals surface area contributed by atoms with Gasteiger partial charge in [-0.1, -0.05) is 24.3 Å². The number of benzene rings is 1. The molecule has 84 valence electrons. The molecule has 0 aliphatic carbocycles. The molecule has 0 aliphatic rings. The van der Waals surface area contributed by atoms with Gasteiger partial charge in [-0.05, 0) is 37.1 Å². The second-order valence-electron chi connectivity index (χ2n) is 4.04. The molecule has 0 bridgehead atoms. The van der Waals surface area contributed by atoms with Crippen molar-refractivity contribution >= 4 is 11.3 Å². The van der Waals surface area contributed by atoms with Crippen molar-refractivity contribution in [2.75, 3.05) is 0 Å². The Balaban J connectivity index is 1.87. The van der Waals surface area contributed by atoms with E-state index in [-0.39, 0.29) is 0 Å². The first-order chi connectivity index (χ1) is 7.75. The van der Waals surface area contributed by atoms with E-state index < -0.39 is 0 Å². The first-order valence-corrected chi connectivity index (χ1v) is 6.38. The first kappa shape index (κ1) is 11.4. The largest absolute Gasteiger partial charge is 0.308 e. The molecule has 1 aromatic carbocycles.